The molecule has 0 bridgehead atoms. The van der Waals surface area contributed by atoms with E-state index < -0.39 is 0 Å². The minimum absolute atomic E-state index is 0.178. The number of ether oxygens (including phenoxy) is 1. The van der Waals surface area contributed by atoms with Crippen LogP contribution in [0.2, 0.25) is 0 Å². The zero-order valence-electron chi connectivity index (χ0n) is 12.8. The molecule has 1 heterocycles. The molecule has 1 aliphatic rings. The van der Waals surface area contributed by atoms with Crippen LogP contribution in [0.25, 0.3) is 6.08 Å². The van der Waals surface area contributed by atoms with Gasteiger partial charge in [0.2, 0.25) is 5.91 Å². The van der Waals surface area contributed by atoms with Crippen molar-refractivity contribution in [3.63, 3.8) is 0 Å². The van der Waals surface area contributed by atoms with E-state index in [0.717, 1.165) is 35.7 Å². The fraction of sp³-hybridized carbons (Fsp3) is 0.412. The van der Waals surface area contributed by atoms with Gasteiger partial charge in [0.1, 0.15) is 6.61 Å². The molecule has 0 aromatic heterocycles. The van der Waals surface area contributed by atoms with Gasteiger partial charge in [-0.3, -0.25) is 4.79 Å². The predicted molar refractivity (Wildman–Crippen MR) is 91.0 cm³/mol. The molecule has 1 aromatic rings. The van der Waals surface area contributed by atoms with Gasteiger partial charge in [0, 0.05) is 30.5 Å². The summed E-state index contributed by atoms with van der Waals surface area (Å²) in [5.41, 5.74) is 1.83. The van der Waals surface area contributed by atoms with Crippen LogP contribution in [0.3, 0.4) is 0 Å². The van der Waals surface area contributed by atoms with E-state index in [2.05, 4.69) is 6.92 Å². The van der Waals surface area contributed by atoms with Crippen LogP contribution in [0.15, 0.2) is 30.3 Å². The Morgan fingerprint density at radius 3 is 2.77 bits per heavy atom. The van der Waals surface area contributed by atoms with E-state index in [1.54, 1.807) is 22.7 Å². The number of esters is 1. The molecule has 0 N–H and O–H groups in total. The van der Waals surface area contributed by atoms with Crippen molar-refractivity contribution in [3.8, 4) is 0 Å². The molecule has 4 nitrogen and oxygen atoms in total. The van der Waals surface area contributed by atoms with Crippen LogP contribution in [0.5, 0.6) is 0 Å². The first kappa shape index (κ1) is 16.6. The fourth-order valence-corrected chi connectivity index (χ4v) is 2.73. The number of hydrogen-bond acceptors (Lipinski definition) is 4. The minimum atomic E-state index is -0.324. The van der Waals surface area contributed by atoms with E-state index in [0.29, 0.717) is 13.0 Å². The molecule has 0 saturated carbocycles. The second kappa shape index (κ2) is 8.63. The first-order chi connectivity index (χ1) is 10.7. The molecule has 118 valence electrons. The highest BCUT2D eigenvalue weighted by molar-refractivity contribution is 7.99. The number of nitrogens with zero attached hydrogens (tertiary/aromatic N) is 1. The average Bonchev–Trinajstić information content (AvgIpc) is 2.96. The number of benzene rings is 1. The Kier molecular flexibility index (Phi) is 6.52. The molecule has 2 rings (SSSR count). The van der Waals surface area contributed by atoms with Crippen LogP contribution in [-0.4, -0.2) is 36.5 Å². The van der Waals surface area contributed by atoms with Gasteiger partial charge in [-0.05, 0) is 35.9 Å². The van der Waals surface area contributed by atoms with E-state index in [4.69, 9.17) is 4.74 Å². The van der Waals surface area contributed by atoms with Crippen LogP contribution >= 0.6 is 11.8 Å². The lowest BCUT2D eigenvalue weighted by molar-refractivity contribution is -0.137. The molecule has 1 aliphatic heterocycles. The summed E-state index contributed by atoms with van der Waals surface area (Å²) >= 11 is 1.74. The summed E-state index contributed by atoms with van der Waals surface area (Å²) in [7, 11) is 0. The maximum Gasteiger partial charge on any atom is 0.330 e. The number of thioether (sulfide) groups is 1. The van der Waals surface area contributed by atoms with Crippen molar-refractivity contribution in [1.82, 2.24) is 0 Å². The Morgan fingerprint density at radius 2 is 2.14 bits per heavy atom. The van der Waals surface area contributed by atoms with Gasteiger partial charge < -0.3 is 9.64 Å². The van der Waals surface area contributed by atoms with Crippen molar-refractivity contribution in [2.45, 2.75) is 19.8 Å². The molecular formula is C17H21NO3S. The summed E-state index contributed by atoms with van der Waals surface area (Å²) in [6.45, 7) is 3.31. The van der Waals surface area contributed by atoms with Crippen molar-refractivity contribution in [2.24, 2.45) is 0 Å². The van der Waals surface area contributed by atoms with E-state index in [-0.39, 0.29) is 11.9 Å². The zero-order valence-corrected chi connectivity index (χ0v) is 13.6. The lowest BCUT2D eigenvalue weighted by Crippen LogP contribution is -2.23. The second-order valence-corrected chi connectivity index (χ2v) is 6.33. The first-order valence-corrected chi connectivity index (χ1v) is 8.69. The maximum atomic E-state index is 11.7. The molecule has 1 fully saturated rings. The first-order valence-electron chi connectivity index (χ1n) is 7.53. The van der Waals surface area contributed by atoms with Gasteiger partial charge in [-0.1, -0.05) is 19.1 Å². The fourth-order valence-electron chi connectivity index (χ4n) is 2.24. The highest BCUT2D eigenvalue weighted by atomic mass is 32.2. The average molecular weight is 319 g/mol. The molecule has 1 amide bonds. The molecule has 1 aromatic carbocycles. The Labute approximate surface area is 135 Å². The predicted octanol–water partition coefficient (Wildman–Crippen LogP) is 3.12. The van der Waals surface area contributed by atoms with E-state index in [9.17, 15) is 9.59 Å². The van der Waals surface area contributed by atoms with Crippen molar-refractivity contribution in [3.05, 3.63) is 35.9 Å². The number of carbonyl (C=O) groups excluding carboxylic acids is 2. The number of amides is 1. The molecule has 1 saturated heterocycles. The third kappa shape index (κ3) is 4.91. The number of hydrogen-bond donors (Lipinski definition) is 0. The van der Waals surface area contributed by atoms with Crippen molar-refractivity contribution >= 4 is 35.4 Å². The Bertz CT molecular complexity index is 539. The third-order valence-electron chi connectivity index (χ3n) is 3.37. The quantitative estimate of drug-likeness (QED) is 0.440. The van der Waals surface area contributed by atoms with Gasteiger partial charge >= 0.3 is 5.97 Å². The maximum absolute atomic E-state index is 11.7. The monoisotopic (exact) mass is 319 g/mol. The minimum Gasteiger partial charge on any atom is -0.462 e. The lowest BCUT2D eigenvalue weighted by Gasteiger charge is -2.15. The molecule has 0 atom stereocenters. The molecule has 0 spiro atoms. The number of anilines is 1. The number of rotatable bonds is 7. The van der Waals surface area contributed by atoms with E-state index >= 15 is 0 Å². The SMILES string of the molecule is CCSCCOC(=O)C=Cc1ccc(N2CCCC2=O)cc1. The molecule has 22 heavy (non-hydrogen) atoms. The van der Waals surface area contributed by atoms with E-state index in [1.807, 2.05) is 24.3 Å². The normalized spacial score (nSPS) is 14.8. The van der Waals surface area contributed by atoms with Gasteiger partial charge in [0.05, 0.1) is 0 Å². The molecule has 0 unspecified atom stereocenters. The van der Waals surface area contributed by atoms with Crippen LogP contribution in [0, 0.1) is 0 Å². The summed E-state index contributed by atoms with van der Waals surface area (Å²) < 4.78 is 5.09. The topological polar surface area (TPSA) is 46.6 Å². The Morgan fingerprint density at radius 1 is 1.36 bits per heavy atom. The van der Waals surface area contributed by atoms with Crippen LogP contribution < -0.4 is 4.90 Å². The van der Waals surface area contributed by atoms with Gasteiger partial charge in [0.25, 0.3) is 0 Å². The van der Waals surface area contributed by atoms with Crippen LogP contribution in [-0.2, 0) is 14.3 Å². The van der Waals surface area contributed by atoms with Crippen LogP contribution in [0.4, 0.5) is 5.69 Å². The highest BCUT2D eigenvalue weighted by Gasteiger charge is 2.21. The van der Waals surface area contributed by atoms with Crippen molar-refractivity contribution in [1.29, 1.82) is 0 Å². The standard InChI is InChI=1S/C17H21NO3S/c1-2-22-13-12-21-17(20)10-7-14-5-8-15(9-6-14)18-11-3-4-16(18)19/h5-10H,2-4,11-13H2,1H3. The molecule has 5 heteroatoms. The molecule has 0 aliphatic carbocycles. The summed E-state index contributed by atoms with van der Waals surface area (Å²) in [5, 5.41) is 0. The third-order valence-corrected chi connectivity index (χ3v) is 4.23. The summed E-state index contributed by atoms with van der Waals surface area (Å²) in [4.78, 5) is 25.0. The van der Waals surface area contributed by atoms with Gasteiger partial charge in [-0.2, -0.15) is 11.8 Å². The summed E-state index contributed by atoms with van der Waals surface area (Å²) in [6, 6.07) is 7.62. The van der Waals surface area contributed by atoms with Gasteiger partial charge in [-0.15, -0.1) is 0 Å². The smallest absolute Gasteiger partial charge is 0.330 e. The van der Waals surface area contributed by atoms with Crippen molar-refractivity contribution < 1.29 is 14.3 Å². The summed E-state index contributed by atoms with van der Waals surface area (Å²) in [6.07, 6.45) is 4.71. The lowest BCUT2D eigenvalue weighted by atomic mass is 10.2. The van der Waals surface area contributed by atoms with Crippen LogP contribution in [0.1, 0.15) is 25.3 Å². The Balaban J connectivity index is 1.84. The molecular weight excluding hydrogens is 298 g/mol. The van der Waals surface area contributed by atoms with Gasteiger partial charge in [0.15, 0.2) is 0 Å². The molecule has 0 radical (unpaired) electrons. The van der Waals surface area contributed by atoms with Gasteiger partial charge in [-0.25, -0.2) is 4.79 Å². The van der Waals surface area contributed by atoms with E-state index in [1.165, 1.54) is 6.08 Å². The largest absolute Gasteiger partial charge is 0.462 e. The number of carbonyl (C=O) groups is 2. The summed E-state index contributed by atoms with van der Waals surface area (Å²) in [5.74, 6) is 1.71. The Hall–Kier alpha value is -1.75. The second-order valence-electron chi connectivity index (χ2n) is 4.94. The zero-order chi connectivity index (χ0) is 15.8. The van der Waals surface area contributed by atoms with Crippen molar-refractivity contribution in [2.75, 3.05) is 29.6 Å². The highest BCUT2D eigenvalue weighted by Crippen LogP contribution is 2.21.